The van der Waals surface area contributed by atoms with Gasteiger partial charge in [0.25, 0.3) is 0 Å². The van der Waals surface area contributed by atoms with E-state index >= 15 is 0 Å². The molecular weight excluding hydrogens is 425 g/mol. The summed E-state index contributed by atoms with van der Waals surface area (Å²) >= 11 is 7.05. The number of amides is 1. The molecule has 0 aliphatic carbocycles. The maximum atomic E-state index is 13.3. The van der Waals surface area contributed by atoms with Gasteiger partial charge in [-0.25, -0.2) is 9.37 Å². The fourth-order valence-corrected chi connectivity index (χ4v) is 3.58. The van der Waals surface area contributed by atoms with E-state index in [0.717, 1.165) is 11.3 Å². The molecule has 0 aliphatic rings. The summed E-state index contributed by atoms with van der Waals surface area (Å²) in [4.78, 5) is 16.4. The smallest absolute Gasteiger partial charge is 0.236 e. The van der Waals surface area contributed by atoms with Crippen molar-refractivity contribution < 1.29 is 9.18 Å². The molecule has 1 N–H and O–H groups in total. The van der Waals surface area contributed by atoms with E-state index in [1.807, 2.05) is 34.9 Å². The summed E-state index contributed by atoms with van der Waals surface area (Å²) in [6.07, 6.45) is 1.46. The minimum Gasteiger partial charge on any atom is -0.310 e. The minimum absolute atomic E-state index is 0.110. The van der Waals surface area contributed by atoms with Crippen molar-refractivity contribution in [3.63, 3.8) is 0 Å². The van der Waals surface area contributed by atoms with Crippen LogP contribution in [0.3, 0.4) is 0 Å². The molecule has 30 heavy (non-hydrogen) atoms. The van der Waals surface area contributed by atoms with Gasteiger partial charge in [-0.3, -0.25) is 9.36 Å². The number of pyridine rings is 1. The lowest BCUT2D eigenvalue weighted by Gasteiger charge is -2.10. The highest BCUT2D eigenvalue weighted by molar-refractivity contribution is 7.99. The molecule has 150 valence electrons. The number of rotatable bonds is 6. The van der Waals surface area contributed by atoms with Gasteiger partial charge >= 0.3 is 0 Å². The molecule has 2 heterocycles. The van der Waals surface area contributed by atoms with Gasteiger partial charge in [-0.05, 0) is 48.5 Å². The van der Waals surface area contributed by atoms with Crippen LogP contribution in [0.2, 0.25) is 5.02 Å². The van der Waals surface area contributed by atoms with Crippen molar-refractivity contribution in [2.45, 2.75) is 5.16 Å². The Labute approximate surface area is 181 Å². The van der Waals surface area contributed by atoms with Crippen LogP contribution < -0.4 is 5.32 Å². The van der Waals surface area contributed by atoms with Crippen molar-refractivity contribution >= 4 is 35.1 Å². The van der Waals surface area contributed by atoms with Gasteiger partial charge in [0.05, 0.1) is 10.8 Å². The molecule has 9 heteroatoms. The van der Waals surface area contributed by atoms with E-state index in [1.165, 1.54) is 30.1 Å². The zero-order valence-corrected chi connectivity index (χ0v) is 17.1. The van der Waals surface area contributed by atoms with E-state index in [0.29, 0.717) is 21.8 Å². The van der Waals surface area contributed by atoms with Gasteiger partial charge in [0.15, 0.2) is 11.0 Å². The van der Waals surface area contributed by atoms with Crippen LogP contribution in [0.25, 0.3) is 17.1 Å². The molecule has 2 aromatic carbocycles. The monoisotopic (exact) mass is 439 g/mol. The van der Waals surface area contributed by atoms with Gasteiger partial charge in [0.2, 0.25) is 5.91 Å². The third-order valence-corrected chi connectivity index (χ3v) is 5.23. The number of hydrogen-bond donors (Lipinski definition) is 1. The minimum atomic E-state index is -0.327. The zero-order valence-electron chi connectivity index (χ0n) is 15.5. The van der Waals surface area contributed by atoms with E-state index < -0.39 is 0 Å². The third kappa shape index (κ3) is 4.67. The lowest BCUT2D eigenvalue weighted by atomic mass is 10.2. The molecule has 0 saturated heterocycles. The summed E-state index contributed by atoms with van der Waals surface area (Å²) in [5.74, 6) is 0.524. The SMILES string of the molecule is O=C(CSc1nnc(-c2ccc(F)cc2)n1-c1ccccc1)Nc1ccc(Cl)cn1. The molecule has 2 aromatic heterocycles. The number of thioether (sulfide) groups is 1. The van der Waals surface area contributed by atoms with Crippen LogP contribution in [-0.4, -0.2) is 31.4 Å². The number of anilines is 1. The van der Waals surface area contributed by atoms with Crippen LogP contribution in [0.15, 0.2) is 78.1 Å². The first-order valence-electron chi connectivity index (χ1n) is 8.91. The Kier molecular flexibility index (Phi) is 6.06. The summed E-state index contributed by atoms with van der Waals surface area (Å²) < 4.78 is 15.2. The van der Waals surface area contributed by atoms with E-state index in [9.17, 15) is 9.18 Å². The van der Waals surface area contributed by atoms with Crippen molar-refractivity contribution in [3.8, 4) is 17.1 Å². The number of nitrogens with zero attached hydrogens (tertiary/aromatic N) is 4. The molecule has 4 rings (SSSR count). The van der Waals surface area contributed by atoms with E-state index in [-0.39, 0.29) is 17.5 Å². The summed E-state index contributed by atoms with van der Waals surface area (Å²) in [6, 6.07) is 18.9. The first-order chi connectivity index (χ1) is 14.6. The van der Waals surface area contributed by atoms with E-state index in [1.54, 1.807) is 24.3 Å². The number of hydrogen-bond acceptors (Lipinski definition) is 5. The Balaban J connectivity index is 1.57. The van der Waals surface area contributed by atoms with Crippen LogP contribution in [0.5, 0.6) is 0 Å². The van der Waals surface area contributed by atoms with Gasteiger partial charge in [-0.15, -0.1) is 10.2 Å². The summed E-state index contributed by atoms with van der Waals surface area (Å²) in [6.45, 7) is 0. The highest BCUT2D eigenvalue weighted by atomic mass is 35.5. The lowest BCUT2D eigenvalue weighted by Crippen LogP contribution is -2.15. The topological polar surface area (TPSA) is 72.7 Å². The fourth-order valence-electron chi connectivity index (χ4n) is 2.72. The molecule has 0 saturated carbocycles. The average molecular weight is 440 g/mol. The largest absolute Gasteiger partial charge is 0.310 e. The number of carbonyl (C=O) groups excluding carboxylic acids is 1. The second kappa shape index (κ2) is 9.06. The van der Waals surface area contributed by atoms with Crippen molar-refractivity contribution in [1.82, 2.24) is 19.7 Å². The molecule has 0 bridgehead atoms. The predicted octanol–water partition coefficient (Wildman–Crippen LogP) is 4.85. The molecule has 0 unspecified atom stereocenters. The highest BCUT2D eigenvalue weighted by Gasteiger charge is 2.17. The third-order valence-electron chi connectivity index (χ3n) is 4.08. The molecule has 0 aliphatic heterocycles. The van der Waals surface area contributed by atoms with Crippen molar-refractivity contribution in [2.24, 2.45) is 0 Å². The predicted molar refractivity (Wildman–Crippen MR) is 115 cm³/mol. The van der Waals surface area contributed by atoms with Gasteiger partial charge < -0.3 is 5.32 Å². The van der Waals surface area contributed by atoms with Crippen LogP contribution in [-0.2, 0) is 4.79 Å². The van der Waals surface area contributed by atoms with Crippen LogP contribution in [0, 0.1) is 5.82 Å². The Morgan fingerprint density at radius 2 is 1.80 bits per heavy atom. The number of aromatic nitrogens is 4. The molecule has 0 spiro atoms. The molecule has 4 aromatic rings. The van der Waals surface area contributed by atoms with Crippen LogP contribution in [0.1, 0.15) is 0 Å². The maximum absolute atomic E-state index is 13.3. The van der Waals surface area contributed by atoms with E-state index in [2.05, 4.69) is 20.5 Å². The summed E-state index contributed by atoms with van der Waals surface area (Å²) in [5, 5.41) is 12.3. The van der Waals surface area contributed by atoms with Gasteiger partial charge in [0.1, 0.15) is 11.6 Å². The molecule has 0 fully saturated rings. The van der Waals surface area contributed by atoms with E-state index in [4.69, 9.17) is 11.6 Å². The molecular formula is C21H15ClFN5OS. The second-order valence-corrected chi connectivity index (χ2v) is 7.56. The number of halogens is 2. The van der Waals surface area contributed by atoms with Crippen molar-refractivity contribution in [1.29, 1.82) is 0 Å². The molecule has 6 nitrogen and oxygen atoms in total. The molecule has 0 atom stereocenters. The number of carbonyl (C=O) groups is 1. The van der Waals surface area contributed by atoms with Gasteiger partial charge in [0, 0.05) is 17.4 Å². The lowest BCUT2D eigenvalue weighted by molar-refractivity contribution is -0.113. The van der Waals surface area contributed by atoms with Crippen molar-refractivity contribution in [3.05, 3.63) is 83.8 Å². The van der Waals surface area contributed by atoms with Crippen LogP contribution >= 0.6 is 23.4 Å². The quantitative estimate of drug-likeness (QED) is 0.435. The Morgan fingerprint density at radius 3 is 2.50 bits per heavy atom. The highest BCUT2D eigenvalue weighted by Crippen LogP contribution is 2.28. The number of nitrogens with one attached hydrogen (secondary N) is 1. The van der Waals surface area contributed by atoms with Crippen LogP contribution in [0.4, 0.5) is 10.2 Å². The average Bonchev–Trinajstić information content (AvgIpc) is 3.19. The maximum Gasteiger partial charge on any atom is 0.236 e. The first-order valence-corrected chi connectivity index (χ1v) is 10.3. The Morgan fingerprint density at radius 1 is 1.03 bits per heavy atom. The molecule has 1 amide bonds. The standard InChI is InChI=1S/C21H15ClFN5OS/c22-15-8-11-18(24-12-15)25-19(29)13-30-21-27-26-20(14-6-9-16(23)10-7-14)28(21)17-4-2-1-3-5-17/h1-12H,13H2,(H,24,25,29). The van der Waals surface area contributed by atoms with Crippen molar-refractivity contribution in [2.75, 3.05) is 11.1 Å². The number of benzene rings is 2. The Bertz CT molecular complexity index is 1150. The second-order valence-electron chi connectivity index (χ2n) is 6.18. The van der Waals surface area contributed by atoms with Gasteiger partial charge in [-0.1, -0.05) is 41.6 Å². The Hall–Kier alpha value is -3.23. The summed E-state index contributed by atoms with van der Waals surface area (Å²) in [7, 11) is 0. The zero-order chi connectivity index (χ0) is 20.9. The normalized spacial score (nSPS) is 10.7. The molecule has 0 radical (unpaired) electrons. The number of para-hydroxylation sites is 1. The first kappa shape index (κ1) is 20.1. The fraction of sp³-hybridized carbons (Fsp3) is 0.0476. The van der Waals surface area contributed by atoms with Gasteiger partial charge in [-0.2, -0.15) is 0 Å². The summed E-state index contributed by atoms with van der Waals surface area (Å²) in [5.41, 5.74) is 1.55.